The van der Waals surface area contributed by atoms with Gasteiger partial charge in [-0.1, -0.05) is 0 Å². The Morgan fingerprint density at radius 2 is 2.20 bits per heavy atom. The molecule has 0 fully saturated rings. The van der Waals surface area contributed by atoms with Gasteiger partial charge in [-0.3, -0.25) is 4.79 Å². The maximum atomic E-state index is 11.6. The van der Waals surface area contributed by atoms with Crippen LogP contribution in [0.2, 0.25) is 0 Å². The van der Waals surface area contributed by atoms with Crippen molar-refractivity contribution in [1.82, 2.24) is 0 Å². The average Bonchev–Trinajstić information content (AvgIpc) is 1.87. The first kappa shape index (κ1) is 9.62. The highest BCUT2D eigenvalue weighted by Gasteiger charge is 2.26. The largest absolute Gasteiger partial charge is 0.465 e. The number of halogens is 3. The highest BCUT2D eigenvalue weighted by Crippen LogP contribution is 2.09. The van der Waals surface area contributed by atoms with Crippen molar-refractivity contribution in [3.8, 4) is 0 Å². The third-order valence-electron chi connectivity index (χ3n) is 0.733. The number of carbonyl (C=O) groups is 1. The van der Waals surface area contributed by atoms with Crippen LogP contribution in [-0.2, 0) is 9.53 Å². The standard InChI is InChI=1S/C5H7ClF2O2/c1-2-10-5(9)3(6)4(7)8/h3-4H,2H2,1H3. The van der Waals surface area contributed by atoms with Crippen LogP contribution in [0.5, 0.6) is 0 Å². The van der Waals surface area contributed by atoms with Crippen LogP contribution in [0.1, 0.15) is 6.92 Å². The Kier molecular flexibility index (Phi) is 4.27. The molecule has 0 spiro atoms. The summed E-state index contributed by atoms with van der Waals surface area (Å²) in [6.07, 6.45) is -2.86. The molecule has 1 atom stereocenters. The van der Waals surface area contributed by atoms with Crippen molar-refractivity contribution in [2.24, 2.45) is 0 Å². The zero-order valence-electron chi connectivity index (χ0n) is 5.31. The summed E-state index contributed by atoms with van der Waals surface area (Å²) in [6.45, 7) is 1.59. The first-order valence-corrected chi connectivity index (χ1v) is 3.12. The highest BCUT2D eigenvalue weighted by molar-refractivity contribution is 6.30. The first-order valence-electron chi connectivity index (χ1n) is 2.68. The summed E-state index contributed by atoms with van der Waals surface area (Å²) in [5.74, 6) is -1.07. The van der Waals surface area contributed by atoms with Crippen LogP contribution in [0.3, 0.4) is 0 Å². The van der Waals surface area contributed by atoms with E-state index in [0.29, 0.717) is 0 Å². The summed E-state index contributed by atoms with van der Waals surface area (Å²) >= 11 is 4.92. The van der Waals surface area contributed by atoms with E-state index in [-0.39, 0.29) is 6.61 Å². The van der Waals surface area contributed by atoms with Gasteiger partial charge in [0.25, 0.3) is 6.43 Å². The summed E-state index contributed by atoms with van der Waals surface area (Å²) in [4.78, 5) is 10.4. The van der Waals surface area contributed by atoms with E-state index in [9.17, 15) is 13.6 Å². The molecule has 0 aliphatic carbocycles. The minimum atomic E-state index is -2.86. The average molecular weight is 173 g/mol. The molecule has 0 aromatic rings. The van der Waals surface area contributed by atoms with E-state index in [2.05, 4.69) is 4.74 Å². The second kappa shape index (κ2) is 4.44. The molecule has 0 aromatic heterocycles. The summed E-state index contributed by atoms with van der Waals surface area (Å²) in [5.41, 5.74) is 0. The molecule has 0 aliphatic heterocycles. The van der Waals surface area contributed by atoms with Crippen LogP contribution in [0.15, 0.2) is 0 Å². The number of alkyl halides is 3. The number of ether oxygens (including phenoxy) is 1. The lowest BCUT2D eigenvalue weighted by Crippen LogP contribution is -2.24. The molecule has 1 unspecified atom stereocenters. The Labute approximate surface area is 62.1 Å². The molecule has 0 radical (unpaired) electrons. The molecule has 0 aliphatic rings. The topological polar surface area (TPSA) is 26.3 Å². The van der Waals surface area contributed by atoms with Gasteiger partial charge in [0.05, 0.1) is 6.61 Å². The van der Waals surface area contributed by atoms with Gasteiger partial charge in [0, 0.05) is 0 Å². The molecule has 0 bridgehead atoms. The van der Waals surface area contributed by atoms with Gasteiger partial charge in [0.2, 0.25) is 0 Å². The predicted octanol–water partition coefficient (Wildman–Crippen LogP) is 1.42. The summed E-state index contributed by atoms with van der Waals surface area (Å²) in [5, 5.41) is -1.83. The molecule has 0 aromatic carbocycles. The molecule has 10 heavy (non-hydrogen) atoms. The predicted molar refractivity (Wildman–Crippen MR) is 32.3 cm³/mol. The fraction of sp³-hybridized carbons (Fsp3) is 0.800. The molecule has 2 nitrogen and oxygen atoms in total. The minimum absolute atomic E-state index is 0.0643. The quantitative estimate of drug-likeness (QED) is 0.476. The van der Waals surface area contributed by atoms with E-state index in [1.165, 1.54) is 6.92 Å². The normalized spacial score (nSPS) is 13.3. The number of rotatable bonds is 3. The Bertz CT molecular complexity index is 118. The molecule has 0 amide bonds. The van der Waals surface area contributed by atoms with Crippen LogP contribution in [0.4, 0.5) is 8.78 Å². The third kappa shape index (κ3) is 2.96. The molecule has 0 rings (SSSR count). The van der Waals surface area contributed by atoms with Gasteiger partial charge in [-0.2, -0.15) is 0 Å². The van der Waals surface area contributed by atoms with Crippen LogP contribution in [0, 0.1) is 0 Å². The first-order chi connectivity index (χ1) is 4.59. The Balaban J connectivity index is 3.71. The van der Waals surface area contributed by atoms with Crippen molar-refractivity contribution in [3.63, 3.8) is 0 Å². The fourth-order valence-corrected chi connectivity index (χ4v) is 0.388. The Hall–Kier alpha value is -0.380. The maximum Gasteiger partial charge on any atom is 0.329 e. The highest BCUT2D eigenvalue weighted by atomic mass is 35.5. The van der Waals surface area contributed by atoms with E-state index in [1.54, 1.807) is 0 Å². The zero-order valence-corrected chi connectivity index (χ0v) is 6.07. The number of esters is 1. The maximum absolute atomic E-state index is 11.6. The van der Waals surface area contributed by atoms with Gasteiger partial charge >= 0.3 is 5.97 Å². The van der Waals surface area contributed by atoms with E-state index in [1.807, 2.05) is 0 Å². The number of hydrogen-bond donors (Lipinski definition) is 0. The molecule has 5 heteroatoms. The van der Waals surface area contributed by atoms with Crippen molar-refractivity contribution >= 4 is 17.6 Å². The lowest BCUT2D eigenvalue weighted by atomic mass is 10.4. The van der Waals surface area contributed by atoms with Crippen LogP contribution in [0.25, 0.3) is 0 Å². The van der Waals surface area contributed by atoms with Crippen molar-refractivity contribution in [2.75, 3.05) is 6.61 Å². The van der Waals surface area contributed by atoms with E-state index < -0.39 is 17.8 Å². The fourth-order valence-electron chi connectivity index (χ4n) is 0.325. The molecular weight excluding hydrogens is 166 g/mol. The van der Waals surface area contributed by atoms with Crippen molar-refractivity contribution in [3.05, 3.63) is 0 Å². The SMILES string of the molecule is CCOC(=O)C(Cl)C(F)F. The van der Waals surface area contributed by atoms with Crippen molar-refractivity contribution < 1.29 is 18.3 Å². The third-order valence-corrected chi connectivity index (χ3v) is 1.10. The van der Waals surface area contributed by atoms with Crippen LogP contribution >= 0.6 is 11.6 Å². The van der Waals surface area contributed by atoms with Crippen LogP contribution in [-0.4, -0.2) is 24.4 Å². The van der Waals surface area contributed by atoms with Gasteiger partial charge in [0.15, 0.2) is 5.38 Å². The zero-order chi connectivity index (χ0) is 8.15. The summed E-state index contributed by atoms with van der Waals surface area (Å²) < 4.78 is 27.4. The molecule has 0 saturated carbocycles. The molecule has 0 saturated heterocycles. The van der Waals surface area contributed by atoms with Crippen molar-refractivity contribution in [2.45, 2.75) is 18.7 Å². The molecule has 60 valence electrons. The van der Waals surface area contributed by atoms with Gasteiger partial charge in [0.1, 0.15) is 0 Å². The van der Waals surface area contributed by atoms with Crippen LogP contribution < -0.4 is 0 Å². The smallest absolute Gasteiger partial charge is 0.329 e. The lowest BCUT2D eigenvalue weighted by molar-refractivity contribution is -0.145. The summed E-state index contributed by atoms with van der Waals surface area (Å²) in [6, 6.07) is 0. The Morgan fingerprint density at radius 1 is 1.70 bits per heavy atom. The number of carbonyl (C=O) groups excluding carboxylic acids is 1. The van der Waals surface area contributed by atoms with E-state index in [4.69, 9.17) is 11.6 Å². The lowest BCUT2D eigenvalue weighted by Gasteiger charge is -2.05. The Morgan fingerprint density at radius 3 is 2.50 bits per heavy atom. The van der Waals surface area contributed by atoms with E-state index >= 15 is 0 Å². The summed E-state index contributed by atoms with van der Waals surface area (Å²) in [7, 11) is 0. The van der Waals surface area contributed by atoms with Gasteiger partial charge in [-0.15, -0.1) is 11.6 Å². The second-order valence-corrected chi connectivity index (χ2v) is 1.96. The number of hydrogen-bond acceptors (Lipinski definition) is 2. The molecule has 0 N–H and O–H groups in total. The second-order valence-electron chi connectivity index (χ2n) is 1.49. The molecule has 0 heterocycles. The van der Waals surface area contributed by atoms with Gasteiger partial charge in [-0.05, 0) is 6.92 Å². The molecular formula is C5H7ClF2O2. The van der Waals surface area contributed by atoms with Crippen molar-refractivity contribution in [1.29, 1.82) is 0 Å². The minimum Gasteiger partial charge on any atom is -0.465 e. The van der Waals surface area contributed by atoms with Gasteiger partial charge in [-0.25, -0.2) is 8.78 Å². The van der Waals surface area contributed by atoms with E-state index in [0.717, 1.165) is 0 Å². The van der Waals surface area contributed by atoms with Gasteiger partial charge < -0.3 is 4.74 Å². The monoisotopic (exact) mass is 172 g/mol.